The molecule has 1 atom stereocenters. The van der Waals surface area contributed by atoms with Crippen molar-refractivity contribution in [2.75, 3.05) is 23.9 Å². The highest BCUT2D eigenvalue weighted by Crippen LogP contribution is 2.33. The highest BCUT2D eigenvalue weighted by molar-refractivity contribution is 7.91. The molecule has 0 saturated carbocycles. The van der Waals surface area contributed by atoms with Crippen LogP contribution in [0.4, 0.5) is 14.5 Å². The molecular formula is C25H22F2N4O4S. The van der Waals surface area contributed by atoms with Gasteiger partial charge in [-0.15, -0.1) is 0 Å². The van der Waals surface area contributed by atoms with Crippen molar-refractivity contribution in [3.05, 3.63) is 71.4 Å². The van der Waals surface area contributed by atoms with Gasteiger partial charge in [-0.2, -0.15) is 5.10 Å². The van der Waals surface area contributed by atoms with Gasteiger partial charge in [-0.25, -0.2) is 26.9 Å². The van der Waals surface area contributed by atoms with E-state index in [1.807, 2.05) is 0 Å². The molecule has 2 aromatic carbocycles. The van der Waals surface area contributed by atoms with Gasteiger partial charge in [0, 0.05) is 17.3 Å². The lowest BCUT2D eigenvalue weighted by molar-refractivity contribution is 0.102. The van der Waals surface area contributed by atoms with E-state index in [9.17, 15) is 22.0 Å². The van der Waals surface area contributed by atoms with Gasteiger partial charge < -0.3 is 10.1 Å². The summed E-state index contributed by atoms with van der Waals surface area (Å²) in [6.45, 7) is 1.71. The lowest BCUT2D eigenvalue weighted by Gasteiger charge is -2.13. The number of nitrogens with zero attached hydrogens (tertiary/aromatic N) is 3. The molecule has 0 radical (unpaired) electrons. The number of aromatic nitrogens is 3. The van der Waals surface area contributed by atoms with Crippen LogP contribution in [0.1, 0.15) is 28.5 Å². The van der Waals surface area contributed by atoms with E-state index in [0.717, 1.165) is 12.1 Å². The van der Waals surface area contributed by atoms with E-state index in [1.54, 1.807) is 41.9 Å². The molecule has 5 rings (SSSR count). The van der Waals surface area contributed by atoms with E-state index in [4.69, 9.17) is 9.72 Å². The number of rotatable bonds is 5. The Morgan fingerprint density at radius 1 is 1.14 bits per heavy atom. The number of pyridine rings is 1. The number of aryl methyl sites for hydroxylation is 1. The molecule has 8 nitrogen and oxygen atoms in total. The molecule has 4 aromatic rings. The van der Waals surface area contributed by atoms with Gasteiger partial charge in [0.15, 0.2) is 27.1 Å². The van der Waals surface area contributed by atoms with E-state index in [2.05, 4.69) is 10.4 Å². The number of methoxy groups -OCH3 is 1. The maximum atomic E-state index is 13.7. The lowest BCUT2D eigenvalue weighted by atomic mass is 10.0. The molecular weight excluding hydrogens is 490 g/mol. The van der Waals surface area contributed by atoms with Crippen LogP contribution >= 0.6 is 0 Å². The minimum atomic E-state index is -3.20. The average Bonchev–Trinajstić information content (AvgIpc) is 3.39. The summed E-state index contributed by atoms with van der Waals surface area (Å²) in [5.41, 5.74) is 2.27. The molecule has 0 bridgehead atoms. The number of anilines is 1. The van der Waals surface area contributed by atoms with Gasteiger partial charge in [0.2, 0.25) is 0 Å². The quantitative estimate of drug-likeness (QED) is 0.428. The Balaban J connectivity index is 1.68. The van der Waals surface area contributed by atoms with Crippen molar-refractivity contribution in [1.82, 2.24) is 14.8 Å². The number of benzene rings is 2. The first-order chi connectivity index (χ1) is 17.1. The number of nitrogens with one attached hydrogen (secondary N) is 1. The Labute approximate surface area is 205 Å². The third-order valence-electron chi connectivity index (χ3n) is 6.18. The Morgan fingerprint density at radius 3 is 2.64 bits per heavy atom. The minimum absolute atomic E-state index is 0.0527. The molecule has 0 spiro atoms. The fraction of sp³-hybridized carbons (Fsp3) is 0.240. The van der Waals surface area contributed by atoms with E-state index in [-0.39, 0.29) is 22.8 Å². The first-order valence-corrected chi connectivity index (χ1v) is 13.0. The van der Waals surface area contributed by atoms with E-state index >= 15 is 0 Å². The van der Waals surface area contributed by atoms with Crippen LogP contribution in [0, 0.1) is 18.6 Å². The van der Waals surface area contributed by atoms with Crippen LogP contribution in [0.5, 0.6) is 5.75 Å². The molecule has 1 amide bonds. The van der Waals surface area contributed by atoms with Crippen LogP contribution in [0.25, 0.3) is 22.3 Å². The monoisotopic (exact) mass is 512 g/mol. The topological polar surface area (TPSA) is 103 Å². The fourth-order valence-electron chi connectivity index (χ4n) is 4.42. The van der Waals surface area contributed by atoms with Crippen molar-refractivity contribution >= 4 is 32.5 Å². The van der Waals surface area contributed by atoms with Crippen LogP contribution in [-0.4, -0.2) is 47.7 Å². The molecule has 0 aliphatic carbocycles. The molecule has 3 heterocycles. The second kappa shape index (κ2) is 8.98. The summed E-state index contributed by atoms with van der Waals surface area (Å²) in [7, 11) is -1.66. The van der Waals surface area contributed by atoms with Crippen LogP contribution in [0.2, 0.25) is 0 Å². The Bertz CT molecular complexity index is 1620. The van der Waals surface area contributed by atoms with Crippen molar-refractivity contribution in [2.24, 2.45) is 0 Å². The first kappa shape index (κ1) is 23.9. The summed E-state index contributed by atoms with van der Waals surface area (Å²) >= 11 is 0. The van der Waals surface area contributed by atoms with Crippen LogP contribution in [0.3, 0.4) is 0 Å². The number of carbonyl (C=O) groups excluding carboxylic acids is 1. The number of sulfone groups is 1. The predicted molar refractivity (Wildman–Crippen MR) is 131 cm³/mol. The van der Waals surface area contributed by atoms with Crippen molar-refractivity contribution < 1.29 is 26.7 Å². The van der Waals surface area contributed by atoms with Crippen molar-refractivity contribution in [1.29, 1.82) is 0 Å². The number of halogens is 2. The predicted octanol–water partition coefficient (Wildman–Crippen LogP) is 4.31. The Hall–Kier alpha value is -3.86. The summed E-state index contributed by atoms with van der Waals surface area (Å²) in [5.74, 6) is -2.10. The molecule has 1 unspecified atom stereocenters. The molecule has 36 heavy (non-hydrogen) atoms. The number of fused-ring (bicyclic) bond motifs is 1. The van der Waals surface area contributed by atoms with E-state index in [1.165, 1.54) is 13.2 Å². The van der Waals surface area contributed by atoms with Crippen molar-refractivity contribution in [3.63, 3.8) is 0 Å². The van der Waals surface area contributed by atoms with Crippen molar-refractivity contribution in [2.45, 2.75) is 19.4 Å². The minimum Gasteiger partial charge on any atom is -0.497 e. The Morgan fingerprint density at radius 2 is 1.94 bits per heavy atom. The lowest BCUT2D eigenvalue weighted by Crippen LogP contribution is -2.15. The molecule has 1 aliphatic heterocycles. The number of amides is 1. The first-order valence-electron chi connectivity index (χ1n) is 11.2. The van der Waals surface area contributed by atoms with Gasteiger partial charge in [0.1, 0.15) is 5.75 Å². The fourth-order valence-corrected chi connectivity index (χ4v) is 6.11. The second-order valence-corrected chi connectivity index (χ2v) is 10.9. The number of ether oxygens (including phenoxy) is 1. The van der Waals surface area contributed by atoms with Gasteiger partial charge in [-0.3, -0.25) is 4.79 Å². The average molecular weight is 513 g/mol. The normalized spacial score (nSPS) is 16.8. The van der Waals surface area contributed by atoms with Gasteiger partial charge in [-0.05, 0) is 43.7 Å². The van der Waals surface area contributed by atoms with Crippen LogP contribution in [0.15, 0.2) is 48.5 Å². The highest BCUT2D eigenvalue weighted by Gasteiger charge is 2.32. The summed E-state index contributed by atoms with van der Waals surface area (Å²) < 4.78 is 58.3. The summed E-state index contributed by atoms with van der Waals surface area (Å²) in [6.07, 6.45) is 0.389. The number of hydrogen-bond donors (Lipinski definition) is 1. The molecule has 1 aliphatic rings. The van der Waals surface area contributed by atoms with Gasteiger partial charge >= 0.3 is 0 Å². The Kier molecular flexibility index (Phi) is 5.95. The van der Waals surface area contributed by atoms with Crippen molar-refractivity contribution in [3.8, 4) is 17.0 Å². The second-order valence-electron chi connectivity index (χ2n) is 8.66. The standard InChI is InChI=1S/C25H22F2N4O4S/c1-14-23-19(25(32)28-16-6-7-20(26)21(27)11-16)12-22(15-4-3-5-18(10-15)35-2)29-24(23)31(30-14)17-8-9-36(33,34)13-17/h3-7,10-12,17H,8-9,13H2,1-2H3,(H,28,32). The number of carbonyl (C=O) groups is 1. The molecule has 1 N–H and O–H groups in total. The van der Waals surface area contributed by atoms with Gasteiger partial charge in [0.05, 0.1) is 47.0 Å². The van der Waals surface area contributed by atoms with Crippen LogP contribution in [-0.2, 0) is 9.84 Å². The summed E-state index contributed by atoms with van der Waals surface area (Å²) in [5, 5.41) is 7.61. The van der Waals surface area contributed by atoms with Gasteiger partial charge in [-0.1, -0.05) is 12.1 Å². The largest absolute Gasteiger partial charge is 0.497 e. The number of hydrogen-bond acceptors (Lipinski definition) is 6. The zero-order chi connectivity index (χ0) is 25.6. The highest BCUT2D eigenvalue weighted by atomic mass is 32.2. The molecule has 1 saturated heterocycles. The summed E-state index contributed by atoms with van der Waals surface area (Å²) in [6, 6.07) is 11.4. The van der Waals surface area contributed by atoms with Crippen LogP contribution < -0.4 is 10.1 Å². The third-order valence-corrected chi connectivity index (χ3v) is 7.93. The SMILES string of the molecule is COc1cccc(-c2cc(C(=O)Nc3ccc(F)c(F)c3)c3c(C)nn(C4CCS(=O)(=O)C4)c3n2)c1. The smallest absolute Gasteiger partial charge is 0.256 e. The maximum absolute atomic E-state index is 13.7. The summed E-state index contributed by atoms with van der Waals surface area (Å²) in [4.78, 5) is 18.2. The maximum Gasteiger partial charge on any atom is 0.256 e. The van der Waals surface area contributed by atoms with E-state index in [0.29, 0.717) is 40.2 Å². The molecule has 11 heteroatoms. The molecule has 186 valence electrons. The zero-order valence-corrected chi connectivity index (χ0v) is 20.3. The molecule has 2 aromatic heterocycles. The van der Waals surface area contributed by atoms with Gasteiger partial charge in [0.25, 0.3) is 5.91 Å². The third kappa shape index (κ3) is 4.41. The molecule has 1 fully saturated rings. The van der Waals surface area contributed by atoms with E-state index < -0.39 is 33.4 Å². The zero-order valence-electron chi connectivity index (χ0n) is 19.5.